The fourth-order valence-electron chi connectivity index (χ4n) is 2.02. The van der Waals surface area contributed by atoms with Gasteiger partial charge in [-0.2, -0.15) is 11.8 Å². The van der Waals surface area contributed by atoms with E-state index in [9.17, 15) is 14.4 Å². The number of alkyl carbamates (subject to hydrolysis) is 1. The van der Waals surface area contributed by atoms with E-state index in [1.807, 2.05) is 20.1 Å². The molecule has 0 aromatic rings. The molecule has 0 aliphatic heterocycles. The number of nitrogens with one attached hydrogen (secondary N) is 2. The third kappa shape index (κ3) is 9.57. The molecule has 8 heteroatoms. The van der Waals surface area contributed by atoms with Crippen LogP contribution in [0.4, 0.5) is 4.79 Å². The second kappa shape index (κ2) is 11.2. The molecule has 0 spiro atoms. The molecule has 0 aromatic heterocycles. The highest BCUT2D eigenvalue weighted by molar-refractivity contribution is 7.98. The second-order valence-corrected chi connectivity index (χ2v) is 7.86. The van der Waals surface area contributed by atoms with Gasteiger partial charge < -0.3 is 20.1 Å². The molecule has 3 atom stereocenters. The molecule has 0 aliphatic rings. The van der Waals surface area contributed by atoms with Gasteiger partial charge in [-0.25, -0.2) is 9.59 Å². The molecule has 0 aromatic carbocycles. The van der Waals surface area contributed by atoms with Crippen molar-refractivity contribution in [2.45, 2.75) is 65.1 Å². The largest absolute Gasteiger partial charge is 0.467 e. The summed E-state index contributed by atoms with van der Waals surface area (Å²) in [6, 6.07) is -1.53. The summed E-state index contributed by atoms with van der Waals surface area (Å²) in [7, 11) is 1.28. The summed E-state index contributed by atoms with van der Waals surface area (Å²) in [6.07, 6.45) is 2.40. The maximum Gasteiger partial charge on any atom is 0.408 e. The van der Waals surface area contributed by atoms with Gasteiger partial charge >= 0.3 is 12.1 Å². The van der Waals surface area contributed by atoms with E-state index in [1.165, 1.54) is 7.11 Å². The standard InChI is InChI=1S/C17H32N2O5S/c1-8-11(2)13(19-16(22)24-17(3,4)5)14(20)18-12(9-10-25-7)15(21)23-6/h11-13H,8-10H2,1-7H3,(H,18,20)(H,19,22)/t11?,12-,13?/m0/s1. The van der Waals surface area contributed by atoms with Crippen LogP contribution in [0.3, 0.4) is 0 Å². The Balaban J connectivity index is 5.08. The van der Waals surface area contributed by atoms with Gasteiger partial charge in [0.2, 0.25) is 5.91 Å². The first kappa shape index (κ1) is 23.6. The van der Waals surface area contributed by atoms with Gasteiger partial charge in [0.25, 0.3) is 0 Å². The molecular weight excluding hydrogens is 344 g/mol. The third-order valence-corrected chi connectivity index (χ3v) is 4.22. The van der Waals surface area contributed by atoms with Gasteiger partial charge in [0, 0.05) is 0 Å². The lowest BCUT2D eigenvalue weighted by Gasteiger charge is -2.27. The Bertz CT molecular complexity index is 451. The molecule has 0 saturated heterocycles. The summed E-state index contributed by atoms with van der Waals surface area (Å²) in [6.45, 7) is 9.03. The Morgan fingerprint density at radius 2 is 1.76 bits per heavy atom. The van der Waals surface area contributed by atoms with Crippen molar-refractivity contribution in [1.82, 2.24) is 10.6 Å². The smallest absolute Gasteiger partial charge is 0.408 e. The number of rotatable bonds is 9. The lowest BCUT2D eigenvalue weighted by Crippen LogP contribution is -2.55. The van der Waals surface area contributed by atoms with Gasteiger partial charge in [-0.3, -0.25) is 4.79 Å². The van der Waals surface area contributed by atoms with Crippen molar-refractivity contribution in [2.24, 2.45) is 5.92 Å². The summed E-state index contributed by atoms with van der Waals surface area (Å²) in [4.78, 5) is 36.5. The summed E-state index contributed by atoms with van der Waals surface area (Å²) in [5.74, 6) is -0.335. The van der Waals surface area contributed by atoms with E-state index in [4.69, 9.17) is 9.47 Å². The van der Waals surface area contributed by atoms with Crippen LogP contribution in [0.15, 0.2) is 0 Å². The molecule has 0 heterocycles. The monoisotopic (exact) mass is 376 g/mol. The van der Waals surface area contributed by atoms with Crippen molar-refractivity contribution in [3.8, 4) is 0 Å². The van der Waals surface area contributed by atoms with Crippen LogP contribution in [0.25, 0.3) is 0 Å². The minimum Gasteiger partial charge on any atom is -0.467 e. The van der Waals surface area contributed by atoms with Crippen LogP contribution in [0, 0.1) is 5.92 Å². The Morgan fingerprint density at radius 1 is 1.16 bits per heavy atom. The molecule has 25 heavy (non-hydrogen) atoms. The van der Waals surface area contributed by atoms with Crippen LogP contribution in [-0.2, 0) is 19.1 Å². The van der Waals surface area contributed by atoms with E-state index < -0.39 is 35.7 Å². The molecule has 0 saturated carbocycles. The lowest BCUT2D eigenvalue weighted by atomic mass is 9.98. The number of methoxy groups -OCH3 is 1. The summed E-state index contributed by atoms with van der Waals surface area (Å²) in [5.41, 5.74) is -0.659. The first-order chi connectivity index (χ1) is 11.6. The average molecular weight is 377 g/mol. The zero-order valence-corrected chi connectivity index (χ0v) is 17.1. The maximum atomic E-state index is 12.6. The number of esters is 1. The van der Waals surface area contributed by atoms with Gasteiger partial charge in [0.05, 0.1) is 7.11 Å². The fraction of sp³-hybridized carbons (Fsp3) is 0.824. The van der Waals surface area contributed by atoms with E-state index in [-0.39, 0.29) is 5.92 Å². The van der Waals surface area contributed by atoms with Gasteiger partial charge in [-0.1, -0.05) is 20.3 Å². The molecule has 0 fully saturated rings. The molecule has 2 unspecified atom stereocenters. The molecule has 0 bridgehead atoms. The summed E-state index contributed by atoms with van der Waals surface area (Å²) >= 11 is 1.57. The minimum atomic E-state index is -0.790. The third-order valence-electron chi connectivity index (χ3n) is 3.58. The predicted molar refractivity (Wildman–Crippen MR) is 99.6 cm³/mol. The highest BCUT2D eigenvalue weighted by atomic mass is 32.2. The van der Waals surface area contributed by atoms with Gasteiger partial charge in [-0.15, -0.1) is 0 Å². The van der Waals surface area contributed by atoms with Gasteiger partial charge in [0.1, 0.15) is 17.7 Å². The second-order valence-electron chi connectivity index (χ2n) is 6.88. The van der Waals surface area contributed by atoms with Crippen LogP contribution in [0.1, 0.15) is 47.5 Å². The van der Waals surface area contributed by atoms with Crippen molar-refractivity contribution in [1.29, 1.82) is 0 Å². The van der Waals surface area contributed by atoms with Crippen molar-refractivity contribution >= 4 is 29.7 Å². The Kier molecular flexibility index (Phi) is 10.6. The normalized spacial score (nSPS) is 14.8. The van der Waals surface area contributed by atoms with Crippen LogP contribution < -0.4 is 10.6 Å². The summed E-state index contributed by atoms with van der Waals surface area (Å²) < 4.78 is 9.98. The molecule has 0 rings (SSSR count). The average Bonchev–Trinajstić information content (AvgIpc) is 2.53. The van der Waals surface area contributed by atoms with Gasteiger partial charge in [-0.05, 0) is 45.1 Å². The topological polar surface area (TPSA) is 93.7 Å². The van der Waals surface area contributed by atoms with E-state index in [0.717, 1.165) is 0 Å². The van der Waals surface area contributed by atoms with Crippen molar-refractivity contribution in [3.63, 3.8) is 0 Å². The van der Waals surface area contributed by atoms with Crippen molar-refractivity contribution in [3.05, 3.63) is 0 Å². The Labute approximate surface area is 155 Å². The predicted octanol–water partition coefficient (Wildman–Crippen LogP) is 2.34. The number of carbonyl (C=O) groups is 3. The highest BCUT2D eigenvalue weighted by Gasteiger charge is 2.31. The van der Waals surface area contributed by atoms with Crippen LogP contribution in [0.5, 0.6) is 0 Å². The van der Waals surface area contributed by atoms with Crippen molar-refractivity contribution < 1.29 is 23.9 Å². The number of amides is 2. The van der Waals surface area contributed by atoms with Crippen LogP contribution in [-0.4, -0.2) is 54.8 Å². The molecule has 0 radical (unpaired) electrons. The quantitative estimate of drug-likeness (QED) is 0.600. The SMILES string of the molecule is CCC(C)C(NC(=O)OC(C)(C)C)C(=O)N[C@@H](CCSC)C(=O)OC. The van der Waals surface area contributed by atoms with Crippen molar-refractivity contribution in [2.75, 3.05) is 19.1 Å². The molecule has 7 nitrogen and oxygen atoms in total. The number of ether oxygens (including phenoxy) is 2. The van der Waals surface area contributed by atoms with E-state index in [2.05, 4.69) is 10.6 Å². The number of hydrogen-bond acceptors (Lipinski definition) is 6. The first-order valence-corrected chi connectivity index (χ1v) is 9.81. The molecular formula is C17H32N2O5S. The molecule has 2 amide bonds. The fourth-order valence-corrected chi connectivity index (χ4v) is 2.50. The zero-order valence-electron chi connectivity index (χ0n) is 16.3. The maximum absolute atomic E-state index is 12.6. The van der Waals surface area contributed by atoms with Crippen LogP contribution >= 0.6 is 11.8 Å². The van der Waals surface area contributed by atoms with Crippen LogP contribution in [0.2, 0.25) is 0 Å². The number of hydrogen-bond donors (Lipinski definition) is 2. The van der Waals surface area contributed by atoms with E-state index in [1.54, 1.807) is 32.5 Å². The Morgan fingerprint density at radius 3 is 2.20 bits per heavy atom. The highest BCUT2D eigenvalue weighted by Crippen LogP contribution is 2.12. The first-order valence-electron chi connectivity index (χ1n) is 8.42. The number of carbonyl (C=O) groups excluding carboxylic acids is 3. The van der Waals surface area contributed by atoms with E-state index >= 15 is 0 Å². The number of thioether (sulfide) groups is 1. The van der Waals surface area contributed by atoms with Gasteiger partial charge in [0.15, 0.2) is 0 Å². The van der Waals surface area contributed by atoms with E-state index in [0.29, 0.717) is 18.6 Å². The Hall–Kier alpha value is -1.44. The molecule has 0 aliphatic carbocycles. The molecule has 146 valence electrons. The zero-order chi connectivity index (χ0) is 19.6. The molecule has 2 N–H and O–H groups in total. The minimum absolute atomic E-state index is 0.119. The summed E-state index contributed by atoms with van der Waals surface area (Å²) in [5, 5.41) is 5.30. The lowest BCUT2D eigenvalue weighted by molar-refractivity contribution is -0.145.